The van der Waals surface area contributed by atoms with E-state index in [0.717, 1.165) is 12.8 Å². The van der Waals surface area contributed by atoms with Crippen LogP contribution >= 0.6 is 22.7 Å². The van der Waals surface area contributed by atoms with Gasteiger partial charge in [0.05, 0.1) is 4.01 Å². The molecule has 2 nitrogen and oxygen atoms in total. The van der Waals surface area contributed by atoms with Crippen molar-refractivity contribution in [1.29, 1.82) is 0 Å². The number of ether oxygens (including phenoxy) is 1. The Bertz CT molecular complexity index is 827. The maximum absolute atomic E-state index is 12.5. The van der Waals surface area contributed by atoms with E-state index in [1.807, 2.05) is 29.5 Å². The largest absolute Gasteiger partial charge is 0.422 e. The maximum atomic E-state index is 12.5. The van der Waals surface area contributed by atoms with Gasteiger partial charge in [-0.1, -0.05) is 51.7 Å². The molecule has 0 saturated carbocycles. The SMILES string of the molecule is CCCCCc1ccc(OC(=O)c2cc3cc(CCCCC)sc3s2)cc1. The summed E-state index contributed by atoms with van der Waals surface area (Å²) in [5.74, 6) is 0.367. The van der Waals surface area contributed by atoms with E-state index in [1.165, 1.54) is 58.4 Å². The summed E-state index contributed by atoms with van der Waals surface area (Å²) >= 11 is 3.36. The lowest BCUT2D eigenvalue weighted by molar-refractivity contribution is 0.0740. The molecule has 0 aliphatic carbocycles. The first-order valence-electron chi connectivity index (χ1n) is 10.0. The predicted molar refractivity (Wildman–Crippen MR) is 118 cm³/mol. The molecule has 0 unspecified atom stereocenters. The number of carbonyl (C=O) groups excluding carboxylic acids is 1. The van der Waals surface area contributed by atoms with Gasteiger partial charge in [0, 0.05) is 10.3 Å². The van der Waals surface area contributed by atoms with Gasteiger partial charge in [-0.15, -0.1) is 22.7 Å². The van der Waals surface area contributed by atoms with E-state index < -0.39 is 0 Å². The molecule has 2 heterocycles. The number of thiophene rings is 2. The molecule has 0 aliphatic rings. The van der Waals surface area contributed by atoms with Crippen LogP contribution in [0.15, 0.2) is 36.4 Å². The number of carbonyl (C=O) groups is 1. The fraction of sp³-hybridized carbons (Fsp3) is 0.435. The third-order valence-corrected chi connectivity index (χ3v) is 7.13. The molecule has 0 aliphatic heterocycles. The van der Waals surface area contributed by atoms with Crippen molar-refractivity contribution in [2.24, 2.45) is 0 Å². The third-order valence-electron chi connectivity index (χ3n) is 4.70. The minimum Gasteiger partial charge on any atom is -0.422 e. The van der Waals surface area contributed by atoms with Crippen LogP contribution in [0, 0.1) is 0 Å². The van der Waals surface area contributed by atoms with Crippen LogP contribution in [-0.2, 0) is 12.8 Å². The average Bonchev–Trinajstić information content (AvgIpc) is 3.22. The van der Waals surface area contributed by atoms with Gasteiger partial charge >= 0.3 is 5.97 Å². The molecule has 0 fully saturated rings. The van der Waals surface area contributed by atoms with Crippen LogP contribution < -0.4 is 4.74 Å². The van der Waals surface area contributed by atoms with Gasteiger partial charge in [0.2, 0.25) is 0 Å². The molecule has 2 aromatic heterocycles. The normalized spacial score (nSPS) is 11.2. The molecule has 0 radical (unpaired) electrons. The number of fused-ring (bicyclic) bond motifs is 1. The lowest BCUT2D eigenvalue weighted by Crippen LogP contribution is -2.06. The molecule has 4 heteroatoms. The monoisotopic (exact) mass is 400 g/mol. The van der Waals surface area contributed by atoms with Crippen LogP contribution in [0.2, 0.25) is 0 Å². The maximum Gasteiger partial charge on any atom is 0.353 e. The average molecular weight is 401 g/mol. The highest BCUT2D eigenvalue weighted by molar-refractivity contribution is 7.39. The Kier molecular flexibility index (Phi) is 7.48. The molecule has 27 heavy (non-hydrogen) atoms. The first kappa shape index (κ1) is 20.1. The predicted octanol–water partition coefficient (Wildman–Crippen LogP) is 7.65. The topological polar surface area (TPSA) is 26.3 Å². The van der Waals surface area contributed by atoms with Crippen LogP contribution in [0.25, 0.3) is 9.40 Å². The summed E-state index contributed by atoms with van der Waals surface area (Å²) in [7, 11) is 0. The van der Waals surface area contributed by atoms with Crippen molar-refractivity contribution in [3.63, 3.8) is 0 Å². The molecule has 1 aromatic carbocycles. The highest BCUT2D eigenvalue weighted by atomic mass is 32.2. The Morgan fingerprint density at radius 1 is 0.889 bits per heavy atom. The molecule has 144 valence electrons. The van der Waals surface area contributed by atoms with Crippen molar-refractivity contribution in [1.82, 2.24) is 0 Å². The van der Waals surface area contributed by atoms with E-state index in [0.29, 0.717) is 10.6 Å². The lowest BCUT2D eigenvalue weighted by atomic mass is 10.1. The van der Waals surface area contributed by atoms with Gasteiger partial charge in [-0.05, 0) is 55.5 Å². The number of hydrogen-bond donors (Lipinski definition) is 0. The highest BCUT2D eigenvalue weighted by Gasteiger charge is 2.15. The molecule has 3 rings (SSSR count). The molecule has 0 N–H and O–H groups in total. The zero-order valence-electron chi connectivity index (χ0n) is 16.3. The van der Waals surface area contributed by atoms with Crippen LogP contribution in [0.5, 0.6) is 5.75 Å². The quantitative estimate of drug-likeness (QED) is 0.198. The molecular weight excluding hydrogens is 372 g/mol. The summed E-state index contributed by atoms with van der Waals surface area (Å²) in [6.07, 6.45) is 9.69. The van der Waals surface area contributed by atoms with E-state index >= 15 is 0 Å². The van der Waals surface area contributed by atoms with Crippen LogP contribution in [-0.4, -0.2) is 5.97 Å². The molecule has 0 bridgehead atoms. The molecule has 0 amide bonds. The smallest absolute Gasteiger partial charge is 0.353 e. The van der Waals surface area contributed by atoms with Crippen molar-refractivity contribution in [3.05, 3.63) is 51.7 Å². The number of hydrogen-bond acceptors (Lipinski definition) is 4. The highest BCUT2D eigenvalue weighted by Crippen LogP contribution is 2.34. The Hall–Kier alpha value is -1.65. The van der Waals surface area contributed by atoms with Gasteiger partial charge in [0.1, 0.15) is 10.6 Å². The molecule has 0 spiro atoms. The van der Waals surface area contributed by atoms with Gasteiger partial charge in [-0.25, -0.2) is 4.79 Å². The second-order valence-corrected chi connectivity index (χ2v) is 9.46. The fourth-order valence-corrected chi connectivity index (χ4v) is 5.53. The van der Waals surface area contributed by atoms with Crippen molar-refractivity contribution in [3.8, 4) is 5.75 Å². The van der Waals surface area contributed by atoms with Crippen LogP contribution in [0.4, 0.5) is 0 Å². The number of benzene rings is 1. The molecular formula is C23H28O2S2. The van der Waals surface area contributed by atoms with Gasteiger partial charge in [0.25, 0.3) is 0 Å². The van der Waals surface area contributed by atoms with Crippen LogP contribution in [0.1, 0.15) is 72.5 Å². The second-order valence-electron chi connectivity index (χ2n) is 7.01. The lowest BCUT2D eigenvalue weighted by Gasteiger charge is -2.05. The first-order valence-corrected chi connectivity index (χ1v) is 11.7. The minimum absolute atomic E-state index is 0.255. The fourth-order valence-electron chi connectivity index (χ4n) is 3.12. The van der Waals surface area contributed by atoms with Gasteiger partial charge in [0.15, 0.2) is 0 Å². The van der Waals surface area contributed by atoms with E-state index in [9.17, 15) is 4.79 Å². The first-order chi connectivity index (χ1) is 13.2. The van der Waals surface area contributed by atoms with E-state index in [4.69, 9.17) is 4.74 Å². The van der Waals surface area contributed by atoms with E-state index in [-0.39, 0.29) is 5.97 Å². The molecule has 0 atom stereocenters. The Labute approximate surface area is 170 Å². The summed E-state index contributed by atoms with van der Waals surface area (Å²) in [5.41, 5.74) is 1.30. The minimum atomic E-state index is -0.255. The summed E-state index contributed by atoms with van der Waals surface area (Å²) in [6.45, 7) is 4.44. The molecule has 0 saturated heterocycles. The van der Waals surface area contributed by atoms with Crippen LogP contribution in [0.3, 0.4) is 0 Å². The summed E-state index contributed by atoms with van der Waals surface area (Å²) < 4.78 is 6.79. The second kappa shape index (κ2) is 10.0. The number of rotatable bonds is 10. The standard InChI is InChI=1S/C23H28O2S2/c1-3-5-7-9-17-11-13-19(14-12-17)25-22(24)21-16-18-15-20(10-8-6-4-2)26-23(18)27-21/h11-16H,3-10H2,1-2H3. The Morgan fingerprint density at radius 2 is 1.59 bits per heavy atom. The van der Waals surface area contributed by atoms with Gasteiger partial charge < -0.3 is 4.74 Å². The number of aryl methyl sites for hydroxylation is 2. The number of esters is 1. The zero-order chi connectivity index (χ0) is 19.1. The number of unbranched alkanes of at least 4 members (excludes halogenated alkanes) is 4. The summed E-state index contributed by atoms with van der Waals surface area (Å²) in [6, 6.07) is 12.1. The Morgan fingerprint density at radius 3 is 2.26 bits per heavy atom. The summed E-state index contributed by atoms with van der Waals surface area (Å²) in [5, 5.41) is 1.18. The molecule has 3 aromatic rings. The van der Waals surface area contributed by atoms with Crippen molar-refractivity contribution in [2.45, 2.75) is 65.2 Å². The van der Waals surface area contributed by atoms with Gasteiger partial charge in [-0.3, -0.25) is 0 Å². The third kappa shape index (κ3) is 5.66. The van der Waals surface area contributed by atoms with Gasteiger partial charge in [-0.2, -0.15) is 0 Å². The van der Waals surface area contributed by atoms with Crippen molar-refractivity contribution < 1.29 is 9.53 Å². The van der Waals surface area contributed by atoms with E-state index in [1.54, 1.807) is 11.3 Å². The van der Waals surface area contributed by atoms with Crippen molar-refractivity contribution >= 4 is 38.0 Å². The zero-order valence-corrected chi connectivity index (χ0v) is 17.9. The van der Waals surface area contributed by atoms with E-state index in [2.05, 4.69) is 32.0 Å². The Balaban J connectivity index is 1.58. The summed E-state index contributed by atoms with van der Waals surface area (Å²) in [4.78, 5) is 14.6. The van der Waals surface area contributed by atoms with Crippen molar-refractivity contribution in [2.75, 3.05) is 0 Å².